The molecule has 1 unspecified atom stereocenters. The number of benzene rings is 1. The van der Waals surface area contributed by atoms with Crippen molar-refractivity contribution in [2.24, 2.45) is 0 Å². The first kappa shape index (κ1) is 16.0. The fourth-order valence-electron chi connectivity index (χ4n) is 2.67. The number of aliphatic hydroxyl groups is 1. The standard InChI is InChI=1S/C19H17NO4/c1-2-24-19(23)15-12-14(17(21)13-8-4-3-5-9-13)16-10-6-7-11-20(16)18(15)22/h3-12,17,21H,2H2,1H3. The van der Waals surface area contributed by atoms with Gasteiger partial charge in [-0.3, -0.25) is 9.20 Å². The molecule has 1 N–H and O–H groups in total. The van der Waals surface area contributed by atoms with Crippen LogP contribution in [0.3, 0.4) is 0 Å². The molecule has 0 bridgehead atoms. The maximum Gasteiger partial charge on any atom is 0.343 e. The van der Waals surface area contributed by atoms with Gasteiger partial charge in [0.25, 0.3) is 5.56 Å². The first-order valence-corrected chi connectivity index (χ1v) is 7.68. The third kappa shape index (κ3) is 2.81. The van der Waals surface area contributed by atoms with E-state index in [4.69, 9.17) is 4.74 Å². The summed E-state index contributed by atoms with van der Waals surface area (Å²) in [4.78, 5) is 24.6. The van der Waals surface area contributed by atoms with Crippen LogP contribution in [0.2, 0.25) is 0 Å². The van der Waals surface area contributed by atoms with Gasteiger partial charge >= 0.3 is 5.97 Å². The number of esters is 1. The van der Waals surface area contributed by atoms with Crippen LogP contribution in [0.4, 0.5) is 0 Å². The van der Waals surface area contributed by atoms with Crippen LogP contribution in [-0.4, -0.2) is 22.1 Å². The van der Waals surface area contributed by atoms with Crippen molar-refractivity contribution in [3.8, 4) is 0 Å². The lowest BCUT2D eigenvalue weighted by atomic mass is 9.99. The zero-order chi connectivity index (χ0) is 17.1. The quantitative estimate of drug-likeness (QED) is 0.749. The summed E-state index contributed by atoms with van der Waals surface area (Å²) in [6.07, 6.45) is 0.610. The van der Waals surface area contributed by atoms with Gasteiger partial charge in [0.2, 0.25) is 0 Å². The molecule has 0 aliphatic heterocycles. The predicted octanol–water partition coefficient (Wildman–Crippen LogP) is 2.56. The molecule has 0 amide bonds. The molecule has 2 heterocycles. The first-order chi connectivity index (χ1) is 11.6. The van der Waals surface area contributed by atoms with Crippen LogP contribution in [0.15, 0.2) is 65.6 Å². The average Bonchev–Trinajstić information content (AvgIpc) is 2.62. The van der Waals surface area contributed by atoms with E-state index in [9.17, 15) is 14.7 Å². The molecule has 5 heteroatoms. The normalized spacial score (nSPS) is 12.1. The van der Waals surface area contributed by atoms with E-state index in [0.29, 0.717) is 16.6 Å². The lowest BCUT2D eigenvalue weighted by Crippen LogP contribution is -2.25. The second-order valence-electron chi connectivity index (χ2n) is 5.31. The molecule has 2 aromatic heterocycles. The monoisotopic (exact) mass is 323 g/mol. The van der Waals surface area contributed by atoms with Crippen molar-refractivity contribution >= 4 is 11.5 Å². The SMILES string of the molecule is CCOC(=O)c1cc(C(O)c2ccccc2)c2ccccn2c1=O. The lowest BCUT2D eigenvalue weighted by molar-refractivity contribution is 0.0524. The predicted molar refractivity (Wildman–Crippen MR) is 90.1 cm³/mol. The maximum absolute atomic E-state index is 12.5. The van der Waals surface area contributed by atoms with Gasteiger partial charge < -0.3 is 9.84 Å². The Morgan fingerprint density at radius 3 is 2.58 bits per heavy atom. The van der Waals surface area contributed by atoms with Crippen molar-refractivity contribution in [3.05, 3.63) is 87.8 Å². The molecular formula is C19H17NO4. The van der Waals surface area contributed by atoms with Crippen molar-refractivity contribution in [2.75, 3.05) is 6.61 Å². The molecule has 1 aromatic carbocycles. The van der Waals surface area contributed by atoms with Gasteiger partial charge in [0.05, 0.1) is 12.1 Å². The Hall–Kier alpha value is -2.92. The number of rotatable bonds is 4. The van der Waals surface area contributed by atoms with Crippen molar-refractivity contribution < 1.29 is 14.6 Å². The van der Waals surface area contributed by atoms with Crippen LogP contribution in [0.5, 0.6) is 0 Å². The van der Waals surface area contributed by atoms with E-state index in [0.717, 1.165) is 0 Å². The number of pyridine rings is 2. The fourth-order valence-corrected chi connectivity index (χ4v) is 2.67. The van der Waals surface area contributed by atoms with E-state index >= 15 is 0 Å². The van der Waals surface area contributed by atoms with Crippen LogP contribution in [0, 0.1) is 0 Å². The van der Waals surface area contributed by atoms with E-state index in [1.54, 1.807) is 43.5 Å². The summed E-state index contributed by atoms with van der Waals surface area (Å²) in [7, 11) is 0. The molecule has 0 radical (unpaired) electrons. The highest BCUT2D eigenvalue weighted by Crippen LogP contribution is 2.25. The zero-order valence-corrected chi connectivity index (χ0v) is 13.2. The fraction of sp³-hybridized carbons (Fsp3) is 0.158. The molecule has 3 rings (SSSR count). The third-order valence-electron chi connectivity index (χ3n) is 3.81. The molecule has 122 valence electrons. The van der Waals surface area contributed by atoms with Gasteiger partial charge in [0, 0.05) is 11.8 Å². The van der Waals surface area contributed by atoms with Crippen LogP contribution >= 0.6 is 0 Å². The molecule has 3 aromatic rings. The molecular weight excluding hydrogens is 306 g/mol. The largest absolute Gasteiger partial charge is 0.462 e. The number of fused-ring (bicyclic) bond motifs is 1. The molecule has 0 spiro atoms. The van der Waals surface area contributed by atoms with Gasteiger partial charge in [-0.05, 0) is 30.7 Å². The molecule has 24 heavy (non-hydrogen) atoms. The van der Waals surface area contributed by atoms with Gasteiger partial charge in [-0.1, -0.05) is 36.4 Å². The van der Waals surface area contributed by atoms with Gasteiger partial charge in [0.1, 0.15) is 11.7 Å². The van der Waals surface area contributed by atoms with Gasteiger partial charge in [-0.15, -0.1) is 0 Å². The van der Waals surface area contributed by atoms with E-state index in [-0.39, 0.29) is 12.2 Å². The Kier molecular flexibility index (Phi) is 4.44. The second-order valence-corrected chi connectivity index (χ2v) is 5.31. The summed E-state index contributed by atoms with van der Waals surface area (Å²) in [5, 5.41) is 10.7. The third-order valence-corrected chi connectivity index (χ3v) is 3.81. The molecule has 0 saturated carbocycles. The Morgan fingerprint density at radius 2 is 1.88 bits per heavy atom. The minimum absolute atomic E-state index is 0.0921. The second kappa shape index (κ2) is 6.68. The maximum atomic E-state index is 12.5. The van der Waals surface area contributed by atoms with Crippen molar-refractivity contribution in [3.63, 3.8) is 0 Å². The molecule has 0 fully saturated rings. The summed E-state index contributed by atoms with van der Waals surface area (Å²) >= 11 is 0. The number of carbonyl (C=O) groups excluding carboxylic acids is 1. The number of aromatic nitrogens is 1. The minimum atomic E-state index is -0.961. The van der Waals surface area contributed by atoms with Gasteiger partial charge in [0.15, 0.2) is 0 Å². The van der Waals surface area contributed by atoms with E-state index in [1.807, 2.05) is 18.2 Å². The Labute approximate surface area is 138 Å². The summed E-state index contributed by atoms with van der Waals surface area (Å²) in [6, 6.07) is 15.7. The summed E-state index contributed by atoms with van der Waals surface area (Å²) < 4.78 is 6.32. The number of ether oxygens (including phenoxy) is 1. The number of aliphatic hydroxyl groups excluding tert-OH is 1. The molecule has 1 atom stereocenters. The van der Waals surface area contributed by atoms with E-state index in [1.165, 1.54) is 10.5 Å². The van der Waals surface area contributed by atoms with Crippen molar-refractivity contribution in [1.29, 1.82) is 0 Å². The summed E-state index contributed by atoms with van der Waals surface area (Å²) in [6.45, 7) is 1.85. The molecule has 0 aliphatic carbocycles. The van der Waals surface area contributed by atoms with Crippen LogP contribution in [0.1, 0.15) is 34.5 Å². The molecule has 0 aliphatic rings. The van der Waals surface area contributed by atoms with Crippen molar-refractivity contribution in [1.82, 2.24) is 4.40 Å². The van der Waals surface area contributed by atoms with Gasteiger partial charge in [-0.2, -0.15) is 0 Å². The Morgan fingerprint density at radius 1 is 1.17 bits per heavy atom. The smallest absolute Gasteiger partial charge is 0.343 e. The van der Waals surface area contributed by atoms with Gasteiger partial charge in [-0.25, -0.2) is 4.79 Å². The number of carbonyl (C=O) groups is 1. The highest BCUT2D eigenvalue weighted by atomic mass is 16.5. The van der Waals surface area contributed by atoms with Crippen molar-refractivity contribution in [2.45, 2.75) is 13.0 Å². The lowest BCUT2D eigenvalue weighted by Gasteiger charge is -2.16. The number of hydrogen-bond donors (Lipinski definition) is 1. The first-order valence-electron chi connectivity index (χ1n) is 7.68. The highest BCUT2D eigenvalue weighted by Gasteiger charge is 2.21. The number of nitrogens with zero attached hydrogens (tertiary/aromatic N) is 1. The summed E-state index contributed by atoms with van der Waals surface area (Å²) in [5.41, 5.74) is 1.15. The van der Waals surface area contributed by atoms with Crippen LogP contribution < -0.4 is 5.56 Å². The Balaban J connectivity index is 2.25. The molecule has 5 nitrogen and oxygen atoms in total. The zero-order valence-electron chi connectivity index (χ0n) is 13.2. The topological polar surface area (TPSA) is 68.0 Å². The van der Waals surface area contributed by atoms with E-state index < -0.39 is 17.6 Å². The molecule has 0 saturated heterocycles. The summed E-state index contributed by atoms with van der Waals surface area (Å²) in [5.74, 6) is -0.692. The number of hydrogen-bond acceptors (Lipinski definition) is 4. The van der Waals surface area contributed by atoms with Crippen LogP contribution in [-0.2, 0) is 4.74 Å². The average molecular weight is 323 g/mol. The highest BCUT2D eigenvalue weighted by molar-refractivity contribution is 5.90. The van der Waals surface area contributed by atoms with E-state index in [2.05, 4.69) is 0 Å². The Bertz CT molecular complexity index is 931. The minimum Gasteiger partial charge on any atom is -0.462 e. The van der Waals surface area contributed by atoms with Crippen LogP contribution in [0.25, 0.3) is 5.52 Å².